The number of hydrogen-bond donors (Lipinski definition) is 1. The Kier molecular flexibility index (Phi) is 5.74. The van der Waals surface area contributed by atoms with Crippen molar-refractivity contribution in [3.8, 4) is 11.3 Å². The number of halogens is 1. The molecule has 0 atom stereocenters. The fraction of sp³-hybridized carbons (Fsp3) is 0.182. The molecule has 0 unspecified atom stereocenters. The van der Waals surface area contributed by atoms with E-state index in [0.29, 0.717) is 24.5 Å². The van der Waals surface area contributed by atoms with Gasteiger partial charge in [-0.15, -0.1) is 11.3 Å². The van der Waals surface area contributed by atoms with Crippen molar-refractivity contribution in [2.75, 3.05) is 0 Å². The molecule has 28 heavy (non-hydrogen) atoms. The summed E-state index contributed by atoms with van der Waals surface area (Å²) in [4.78, 5) is 13.3. The smallest absolute Gasteiger partial charge is 0.220 e. The highest BCUT2D eigenvalue weighted by atomic mass is 35.5. The van der Waals surface area contributed by atoms with Gasteiger partial charge >= 0.3 is 0 Å². The summed E-state index contributed by atoms with van der Waals surface area (Å²) in [6.07, 6.45) is 1.20. The van der Waals surface area contributed by atoms with Crippen LogP contribution in [0.4, 0.5) is 0 Å². The highest BCUT2D eigenvalue weighted by Gasteiger charge is 2.13. The Morgan fingerprint density at radius 2 is 1.96 bits per heavy atom. The van der Waals surface area contributed by atoms with Crippen LogP contribution < -0.4 is 5.32 Å². The lowest BCUT2D eigenvalue weighted by Gasteiger charge is -2.05. The summed E-state index contributed by atoms with van der Waals surface area (Å²) in [5, 5.41) is 11.5. The van der Waals surface area contributed by atoms with E-state index in [9.17, 15) is 4.79 Å². The second kappa shape index (κ2) is 8.59. The van der Waals surface area contributed by atoms with E-state index in [1.807, 2.05) is 70.7 Å². The highest BCUT2D eigenvalue weighted by Crippen LogP contribution is 2.30. The minimum Gasteiger partial charge on any atom is -0.351 e. The summed E-state index contributed by atoms with van der Waals surface area (Å²) in [6.45, 7) is 1.27. The topological polar surface area (TPSA) is 46.9 Å². The molecule has 142 valence electrons. The molecule has 2 heterocycles. The van der Waals surface area contributed by atoms with Crippen LogP contribution in [0.25, 0.3) is 22.2 Å². The van der Waals surface area contributed by atoms with Gasteiger partial charge in [0.2, 0.25) is 5.91 Å². The lowest BCUT2D eigenvalue weighted by atomic mass is 10.1. The third-order valence-electron chi connectivity index (χ3n) is 4.57. The monoisotopic (exact) mass is 409 g/mol. The molecule has 0 bridgehead atoms. The maximum absolute atomic E-state index is 12.1. The highest BCUT2D eigenvalue weighted by molar-refractivity contribution is 7.09. The van der Waals surface area contributed by atoms with Gasteiger partial charge in [0.1, 0.15) is 5.69 Å². The lowest BCUT2D eigenvalue weighted by molar-refractivity contribution is -0.121. The van der Waals surface area contributed by atoms with Gasteiger partial charge in [0, 0.05) is 33.8 Å². The largest absolute Gasteiger partial charge is 0.351 e. The van der Waals surface area contributed by atoms with Gasteiger partial charge in [-0.2, -0.15) is 5.10 Å². The molecule has 4 nitrogen and oxygen atoms in total. The van der Waals surface area contributed by atoms with Gasteiger partial charge in [0.15, 0.2) is 0 Å². The number of hydrogen-bond acceptors (Lipinski definition) is 3. The molecule has 4 aromatic rings. The third kappa shape index (κ3) is 4.26. The van der Waals surface area contributed by atoms with Crippen molar-refractivity contribution in [2.45, 2.75) is 25.9 Å². The molecule has 0 saturated heterocycles. The van der Waals surface area contributed by atoms with Gasteiger partial charge in [0.05, 0.1) is 12.1 Å². The van der Waals surface area contributed by atoms with Crippen molar-refractivity contribution in [3.63, 3.8) is 0 Å². The molecule has 0 spiro atoms. The summed E-state index contributed by atoms with van der Waals surface area (Å²) in [6, 6.07) is 19.9. The van der Waals surface area contributed by atoms with Gasteiger partial charge < -0.3 is 5.32 Å². The van der Waals surface area contributed by atoms with Crippen molar-refractivity contribution in [2.24, 2.45) is 0 Å². The van der Waals surface area contributed by atoms with Crippen LogP contribution in [0.5, 0.6) is 0 Å². The normalized spacial score (nSPS) is 11.0. The van der Waals surface area contributed by atoms with Crippen LogP contribution in [0.1, 0.15) is 17.7 Å². The second-order valence-electron chi connectivity index (χ2n) is 6.56. The van der Waals surface area contributed by atoms with Crippen LogP contribution in [-0.2, 0) is 17.9 Å². The number of carbonyl (C=O) groups is 1. The number of fused-ring (bicyclic) bond motifs is 1. The van der Waals surface area contributed by atoms with E-state index in [0.717, 1.165) is 33.5 Å². The number of nitrogens with zero attached hydrogens (tertiary/aromatic N) is 2. The van der Waals surface area contributed by atoms with E-state index in [1.54, 1.807) is 11.3 Å². The summed E-state index contributed by atoms with van der Waals surface area (Å²) < 4.78 is 1.97. The zero-order chi connectivity index (χ0) is 19.3. The number of nitrogens with one attached hydrogen (secondary N) is 1. The van der Waals surface area contributed by atoms with Crippen LogP contribution in [0.2, 0.25) is 5.02 Å². The van der Waals surface area contributed by atoms with Gasteiger partial charge in [-0.05, 0) is 36.1 Å². The maximum atomic E-state index is 12.1. The van der Waals surface area contributed by atoms with E-state index >= 15 is 0 Å². The molecule has 1 N–H and O–H groups in total. The van der Waals surface area contributed by atoms with Crippen molar-refractivity contribution in [1.82, 2.24) is 15.1 Å². The third-order valence-corrected chi connectivity index (χ3v) is 5.68. The quantitative estimate of drug-likeness (QED) is 0.437. The molecular weight excluding hydrogens is 390 g/mol. The van der Waals surface area contributed by atoms with Crippen molar-refractivity contribution in [3.05, 3.63) is 75.9 Å². The first-order chi connectivity index (χ1) is 13.7. The minimum atomic E-state index is 0.0659. The number of thiophene rings is 1. The molecule has 0 aliphatic heterocycles. The molecule has 2 aromatic carbocycles. The number of carbonyl (C=O) groups excluding carboxylic acids is 1. The minimum absolute atomic E-state index is 0.0659. The predicted octanol–water partition coefficient (Wildman–Crippen LogP) is 5.51. The molecule has 4 rings (SSSR count). The average molecular weight is 410 g/mol. The van der Waals surface area contributed by atoms with Crippen LogP contribution >= 0.6 is 22.9 Å². The Labute approximate surface area is 172 Å². The number of benzene rings is 2. The van der Waals surface area contributed by atoms with E-state index in [4.69, 9.17) is 16.7 Å². The fourth-order valence-electron chi connectivity index (χ4n) is 3.21. The molecule has 0 aliphatic carbocycles. The SMILES string of the molecule is O=C(CCCn1nc(-c2ccccc2)c2cc(Cl)ccc21)NCc1cccs1. The van der Waals surface area contributed by atoms with Crippen LogP contribution in [0.3, 0.4) is 0 Å². The number of amides is 1. The van der Waals surface area contributed by atoms with E-state index in [2.05, 4.69) is 5.32 Å². The van der Waals surface area contributed by atoms with E-state index < -0.39 is 0 Å². The van der Waals surface area contributed by atoms with E-state index in [-0.39, 0.29) is 5.91 Å². The number of aryl methyl sites for hydroxylation is 1. The van der Waals surface area contributed by atoms with Crippen molar-refractivity contribution >= 4 is 39.7 Å². The van der Waals surface area contributed by atoms with Gasteiger partial charge in [-0.1, -0.05) is 48.0 Å². The first-order valence-electron chi connectivity index (χ1n) is 9.21. The molecule has 0 fully saturated rings. The first kappa shape index (κ1) is 18.7. The first-order valence-corrected chi connectivity index (χ1v) is 10.5. The molecule has 1 amide bonds. The number of rotatable bonds is 7. The molecule has 2 aromatic heterocycles. The fourth-order valence-corrected chi connectivity index (χ4v) is 4.02. The molecule has 0 saturated carbocycles. The molecule has 0 aliphatic rings. The molecule has 6 heteroatoms. The van der Waals surface area contributed by atoms with Gasteiger partial charge in [-0.3, -0.25) is 9.48 Å². The van der Waals surface area contributed by atoms with Gasteiger partial charge in [0.25, 0.3) is 0 Å². The standard InChI is InChI=1S/C22H20ClN3OS/c23-17-10-11-20-19(14-17)22(16-6-2-1-3-7-16)25-26(20)12-4-9-21(27)24-15-18-8-5-13-28-18/h1-3,5-8,10-11,13-14H,4,9,12,15H2,(H,24,27). The van der Waals surface area contributed by atoms with Crippen molar-refractivity contribution in [1.29, 1.82) is 0 Å². The maximum Gasteiger partial charge on any atom is 0.220 e. The Bertz CT molecular complexity index is 1070. The summed E-state index contributed by atoms with van der Waals surface area (Å²) in [7, 11) is 0. The number of aromatic nitrogens is 2. The van der Waals surface area contributed by atoms with Crippen molar-refractivity contribution < 1.29 is 4.79 Å². The molecular formula is C22H20ClN3OS. The summed E-state index contributed by atoms with van der Waals surface area (Å²) in [5.74, 6) is 0.0659. The van der Waals surface area contributed by atoms with Gasteiger partial charge in [-0.25, -0.2) is 0 Å². The Hall–Kier alpha value is -2.63. The average Bonchev–Trinajstić information content (AvgIpc) is 3.35. The summed E-state index contributed by atoms with van der Waals surface area (Å²) in [5.41, 5.74) is 3.00. The van der Waals surface area contributed by atoms with Crippen LogP contribution in [-0.4, -0.2) is 15.7 Å². The van der Waals surface area contributed by atoms with Crippen LogP contribution in [0.15, 0.2) is 66.0 Å². The Morgan fingerprint density at radius 3 is 2.75 bits per heavy atom. The van der Waals surface area contributed by atoms with E-state index in [1.165, 1.54) is 0 Å². The Balaban J connectivity index is 1.46. The zero-order valence-corrected chi connectivity index (χ0v) is 16.8. The van der Waals surface area contributed by atoms with Crippen LogP contribution in [0, 0.1) is 0 Å². The lowest BCUT2D eigenvalue weighted by Crippen LogP contribution is -2.22. The zero-order valence-electron chi connectivity index (χ0n) is 15.3. The second-order valence-corrected chi connectivity index (χ2v) is 8.03. The Morgan fingerprint density at radius 1 is 1.11 bits per heavy atom. The molecule has 0 radical (unpaired) electrons. The summed E-state index contributed by atoms with van der Waals surface area (Å²) >= 11 is 7.87. The predicted molar refractivity (Wildman–Crippen MR) is 116 cm³/mol.